The normalized spacial score (nSPS) is 14.4. The van der Waals surface area contributed by atoms with Crippen LogP contribution in [0.2, 0.25) is 0 Å². The number of nitrogens with zero attached hydrogens (tertiary/aromatic N) is 2. The van der Waals surface area contributed by atoms with Gasteiger partial charge in [-0.2, -0.15) is 0 Å². The van der Waals surface area contributed by atoms with Gasteiger partial charge in [-0.25, -0.2) is 9.78 Å². The Hall–Kier alpha value is -3.09. The molecule has 1 aromatic heterocycles. The van der Waals surface area contributed by atoms with Crippen molar-refractivity contribution in [3.63, 3.8) is 0 Å². The van der Waals surface area contributed by atoms with Gasteiger partial charge in [0, 0.05) is 31.0 Å². The third-order valence-corrected chi connectivity index (χ3v) is 5.03. The molecule has 0 radical (unpaired) electrons. The van der Waals surface area contributed by atoms with Gasteiger partial charge in [-0.05, 0) is 57.4 Å². The van der Waals surface area contributed by atoms with Crippen LogP contribution in [0.1, 0.15) is 41.3 Å². The van der Waals surface area contributed by atoms with Crippen LogP contribution >= 0.6 is 0 Å². The molecule has 2 aromatic rings. The van der Waals surface area contributed by atoms with Crippen LogP contribution in [0.3, 0.4) is 0 Å². The molecule has 7 heteroatoms. The van der Waals surface area contributed by atoms with Crippen molar-refractivity contribution in [3.8, 4) is 0 Å². The fourth-order valence-electron chi connectivity index (χ4n) is 3.38. The van der Waals surface area contributed by atoms with Crippen LogP contribution in [-0.2, 0) is 4.74 Å². The summed E-state index contributed by atoms with van der Waals surface area (Å²) in [4.78, 5) is 30.3. The lowest BCUT2D eigenvalue weighted by molar-refractivity contribution is 0.0860. The number of hydrogen-bond acceptors (Lipinski definition) is 5. The largest absolute Gasteiger partial charge is 0.450 e. The molecule has 29 heavy (non-hydrogen) atoms. The molecule has 1 saturated heterocycles. The predicted octanol–water partition coefficient (Wildman–Crippen LogP) is 3.79. The molecular formula is C22H28N4O3. The van der Waals surface area contributed by atoms with Gasteiger partial charge < -0.3 is 20.3 Å². The molecule has 154 valence electrons. The highest BCUT2D eigenvalue weighted by molar-refractivity contribution is 5.94. The van der Waals surface area contributed by atoms with E-state index in [9.17, 15) is 9.59 Å². The molecule has 0 saturated carbocycles. The van der Waals surface area contributed by atoms with Crippen LogP contribution in [0.25, 0.3) is 0 Å². The first-order chi connectivity index (χ1) is 14.0. The predicted molar refractivity (Wildman–Crippen MR) is 113 cm³/mol. The zero-order valence-corrected chi connectivity index (χ0v) is 17.2. The Morgan fingerprint density at radius 3 is 2.55 bits per heavy atom. The highest BCUT2D eigenvalue weighted by atomic mass is 16.6. The standard InChI is InChI=1S/C22H28N4O3/c1-4-29-22(28)26-11-9-18(10-12-26)24-21(27)17-6-8-20(23-14-17)25-19-7-5-15(2)13-16(19)3/h5-8,13-14,18H,4,9-12H2,1-3H3,(H,23,25)(H,24,27). The van der Waals surface area contributed by atoms with E-state index < -0.39 is 0 Å². The Morgan fingerprint density at radius 1 is 1.17 bits per heavy atom. The van der Waals surface area contributed by atoms with Crippen molar-refractivity contribution in [2.24, 2.45) is 0 Å². The number of nitrogens with one attached hydrogen (secondary N) is 2. The Labute approximate surface area is 171 Å². The molecule has 2 heterocycles. The van der Waals surface area contributed by atoms with Crippen LogP contribution < -0.4 is 10.6 Å². The number of aromatic nitrogens is 1. The van der Waals surface area contributed by atoms with Gasteiger partial charge >= 0.3 is 6.09 Å². The van der Waals surface area contributed by atoms with Crippen LogP contribution in [0.15, 0.2) is 36.5 Å². The maximum Gasteiger partial charge on any atom is 0.409 e. The summed E-state index contributed by atoms with van der Waals surface area (Å²) in [6.45, 7) is 7.44. The summed E-state index contributed by atoms with van der Waals surface area (Å²) in [5.74, 6) is 0.543. The van der Waals surface area contributed by atoms with Gasteiger partial charge in [-0.15, -0.1) is 0 Å². The molecule has 0 atom stereocenters. The lowest BCUT2D eigenvalue weighted by Gasteiger charge is -2.31. The van der Waals surface area contributed by atoms with Crippen LogP contribution in [-0.4, -0.2) is 47.6 Å². The fraction of sp³-hybridized carbons (Fsp3) is 0.409. The zero-order chi connectivity index (χ0) is 20.8. The third-order valence-electron chi connectivity index (χ3n) is 5.03. The summed E-state index contributed by atoms with van der Waals surface area (Å²) in [5.41, 5.74) is 3.86. The Kier molecular flexibility index (Phi) is 6.69. The number of hydrogen-bond donors (Lipinski definition) is 2. The summed E-state index contributed by atoms with van der Waals surface area (Å²) < 4.78 is 5.02. The van der Waals surface area contributed by atoms with E-state index in [1.807, 2.05) is 19.1 Å². The van der Waals surface area contributed by atoms with E-state index in [0.29, 0.717) is 43.9 Å². The van der Waals surface area contributed by atoms with Crippen molar-refractivity contribution in [2.45, 2.75) is 39.7 Å². The first-order valence-corrected chi connectivity index (χ1v) is 9.99. The van der Waals surface area contributed by atoms with Gasteiger partial charge in [0.05, 0.1) is 12.2 Å². The first-order valence-electron chi connectivity index (χ1n) is 9.99. The molecule has 2 amide bonds. The molecule has 0 aliphatic carbocycles. The van der Waals surface area contributed by atoms with E-state index in [-0.39, 0.29) is 18.0 Å². The number of anilines is 2. The van der Waals surface area contributed by atoms with Crippen LogP contribution in [0.5, 0.6) is 0 Å². The van der Waals surface area contributed by atoms with Gasteiger partial charge in [0.15, 0.2) is 0 Å². The first kappa shape index (κ1) is 20.6. The number of piperidine rings is 1. The van der Waals surface area contributed by atoms with Gasteiger partial charge in [0.2, 0.25) is 0 Å². The monoisotopic (exact) mass is 396 g/mol. The molecule has 1 fully saturated rings. The van der Waals surface area contributed by atoms with Gasteiger partial charge in [-0.1, -0.05) is 17.7 Å². The lowest BCUT2D eigenvalue weighted by Crippen LogP contribution is -2.46. The van der Waals surface area contributed by atoms with Crippen molar-refractivity contribution < 1.29 is 14.3 Å². The molecule has 0 bridgehead atoms. The van der Waals surface area contributed by atoms with Gasteiger partial charge in [-0.3, -0.25) is 4.79 Å². The number of amides is 2. The minimum atomic E-state index is -0.284. The maximum atomic E-state index is 12.5. The van der Waals surface area contributed by atoms with Crippen molar-refractivity contribution in [1.29, 1.82) is 0 Å². The van der Waals surface area contributed by atoms with Crippen molar-refractivity contribution in [1.82, 2.24) is 15.2 Å². The average molecular weight is 396 g/mol. The van der Waals surface area contributed by atoms with Crippen molar-refractivity contribution in [2.75, 3.05) is 25.0 Å². The molecule has 7 nitrogen and oxygen atoms in total. The van der Waals surface area contributed by atoms with E-state index in [1.165, 1.54) is 5.56 Å². The van der Waals surface area contributed by atoms with Crippen LogP contribution in [0, 0.1) is 13.8 Å². The summed E-state index contributed by atoms with van der Waals surface area (Å²) in [6.07, 6.45) is 2.72. The number of aryl methyl sites for hydroxylation is 2. The average Bonchev–Trinajstić information content (AvgIpc) is 2.71. The molecule has 3 rings (SSSR count). The van der Waals surface area contributed by atoms with E-state index in [2.05, 4.69) is 28.6 Å². The second-order valence-electron chi connectivity index (χ2n) is 7.31. The summed E-state index contributed by atoms with van der Waals surface area (Å²) in [5, 5.41) is 6.31. The SMILES string of the molecule is CCOC(=O)N1CCC(NC(=O)c2ccc(Nc3ccc(C)cc3C)nc2)CC1. The second kappa shape index (κ2) is 9.41. The molecule has 0 unspecified atom stereocenters. The number of pyridine rings is 1. The third kappa shape index (κ3) is 5.47. The highest BCUT2D eigenvalue weighted by Gasteiger charge is 2.24. The van der Waals surface area contributed by atoms with E-state index in [0.717, 1.165) is 11.3 Å². The topological polar surface area (TPSA) is 83.6 Å². The minimum absolute atomic E-state index is 0.0428. The van der Waals surface area contributed by atoms with E-state index in [1.54, 1.807) is 30.2 Å². The molecule has 1 aromatic carbocycles. The molecule has 0 spiro atoms. The Balaban J connectivity index is 1.52. The maximum absolute atomic E-state index is 12.5. The number of rotatable bonds is 5. The lowest BCUT2D eigenvalue weighted by atomic mass is 10.0. The van der Waals surface area contributed by atoms with E-state index >= 15 is 0 Å². The van der Waals surface area contributed by atoms with Crippen molar-refractivity contribution in [3.05, 3.63) is 53.2 Å². The molecule has 1 aliphatic rings. The molecule has 2 N–H and O–H groups in total. The number of benzene rings is 1. The summed E-state index contributed by atoms with van der Waals surface area (Å²) >= 11 is 0. The number of likely N-dealkylation sites (tertiary alicyclic amines) is 1. The quantitative estimate of drug-likeness (QED) is 0.803. The smallest absolute Gasteiger partial charge is 0.409 e. The van der Waals surface area contributed by atoms with E-state index in [4.69, 9.17) is 4.74 Å². The van der Waals surface area contributed by atoms with Crippen LogP contribution in [0.4, 0.5) is 16.3 Å². The molecule has 1 aliphatic heterocycles. The number of carbonyl (C=O) groups is 2. The van der Waals surface area contributed by atoms with Gasteiger partial charge in [0.25, 0.3) is 5.91 Å². The minimum Gasteiger partial charge on any atom is -0.450 e. The number of carbonyl (C=O) groups excluding carboxylic acids is 2. The Morgan fingerprint density at radius 2 is 1.93 bits per heavy atom. The van der Waals surface area contributed by atoms with Gasteiger partial charge in [0.1, 0.15) is 5.82 Å². The number of ether oxygens (including phenoxy) is 1. The fourth-order valence-corrected chi connectivity index (χ4v) is 3.38. The second-order valence-corrected chi connectivity index (χ2v) is 7.31. The summed E-state index contributed by atoms with van der Waals surface area (Å²) in [7, 11) is 0. The Bertz CT molecular complexity index is 859. The summed E-state index contributed by atoms with van der Waals surface area (Å²) in [6, 6.07) is 9.79. The highest BCUT2D eigenvalue weighted by Crippen LogP contribution is 2.20. The zero-order valence-electron chi connectivity index (χ0n) is 17.2. The van der Waals surface area contributed by atoms with Crippen molar-refractivity contribution >= 4 is 23.5 Å². The molecular weight excluding hydrogens is 368 g/mol.